The molecule has 7 heteroatoms. The van der Waals surface area contributed by atoms with Crippen LogP contribution in [-0.4, -0.2) is 18.0 Å². The molecule has 0 bridgehead atoms. The number of fused-ring (bicyclic) bond motifs is 1. The SMILES string of the molecule is COc1cc(C(C)NC(=O)c2cc3c(F)cccc3s2)ccc1OCc1ccncc1. The molecule has 4 rings (SSSR count). The van der Waals surface area contributed by atoms with Gasteiger partial charge < -0.3 is 14.8 Å². The molecule has 2 aromatic heterocycles. The zero-order valence-corrected chi connectivity index (χ0v) is 17.9. The van der Waals surface area contributed by atoms with Gasteiger partial charge in [0, 0.05) is 22.5 Å². The molecule has 1 atom stereocenters. The number of hydrogen-bond acceptors (Lipinski definition) is 5. The van der Waals surface area contributed by atoms with Crippen molar-refractivity contribution in [3.63, 3.8) is 0 Å². The van der Waals surface area contributed by atoms with Crippen LogP contribution in [-0.2, 0) is 6.61 Å². The van der Waals surface area contributed by atoms with E-state index < -0.39 is 0 Å². The normalized spacial score (nSPS) is 11.8. The summed E-state index contributed by atoms with van der Waals surface area (Å²) < 4.78 is 26.0. The van der Waals surface area contributed by atoms with E-state index in [9.17, 15) is 9.18 Å². The molecule has 1 N–H and O–H groups in total. The van der Waals surface area contributed by atoms with Crippen molar-refractivity contribution >= 4 is 27.3 Å². The molecule has 1 amide bonds. The van der Waals surface area contributed by atoms with Crippen LogP contribution >= 0.6 is 11.3 Å². The van der Waals surface area contributed by atoms with Crippen LogP contribution in [0.2, 0.25) is 0 Å². The third-order valence-corrected chi connectivity index (χ3v) is 6.01. The highest BCUT2D eigenvalue weighted by molar-refractivity contribution is 7.20. The molecule has 2 aromatic carbocycles. The number of thiophene rings is 1. The van der Waals surface area contributed by atoms with Gasteiger partial charge >= 0.3 is 0 Å². The van der Waals surface area contributed by atoms with Crippen molar-refractivity contribution in [1.29, 1.82) is 0 Å². The van der Waals surface area contributed by atoms with Crippen LogP contribution in [0.4, 0.5) is 4.39 Å². The van der Waals surface area contributed by atoms with Crippen molar-refractivity contribution in [3.8, 4) is 11.5 Å². The Morgan fingerprint density at radius 2 is 1.94 bits per heavy atom. The zero-order valence-electron chi connectivity index (χ0n) is 17.1. The molecular weight excluding hydrogens is 415 g/mol. The Morgan fingerprint density at radius 1 is 1.13 bits per heavy atom. The molecule has 2 heterocycles. The molecule has 0 radical (unpaired) electrons. The summed E-state index contributed by atoms with van der Waals surface area (Å²) in [7, 11) is 1.58. The summed E-state index contributed by atoms with van der Waals surface area (Å²) in [5.41, 5.74) is 1.87. The Kier molecular flexibility index (Phi) is 6.13. The number of rotatable bonds is 7. The average molecular weight is 437 g/mol. The lowest BCUT2D eigenvalue weighted by atomic mass is 10.1. The van der Waals surface area contributed by atoms with E-state index >= 15 is 0 Å². The molecular formula is C24H21FN2O3S. The standard InChI is InChI=1S/C24H21FN2O3S/c1-15(27-24(28)23-13-18-19(25)4-3-5-22(18)31-23)17-6-7-20(21(12-17)29-2)30-14-16-8-10-26-11-9-16/h3-13,15H,14H2,1-2H3,(H,27,28). The molecule has 0 saturated carbocycles. The Balaban J connectivity index is 1.46. The topological polar surface area (TPSA) is 60.5 Å². The van der Waals surface area contributed by atoms with Crippen molar-refractivity contribution in [1.82, 2.24) is 10.3 Å². The fourth-order valence-corrected chi connectivity index (χ4v) is 4.18. The van der Waals surface area contributed by atoms with E-state index in [1.54, 1.807) is 37.7 Å². The molecule has 0 saturated heterocycles. The van der Waals surface area contributed by atoms with Crippen molar-refractivity contribution < 1.29 is 18.7 Å². The number of pyridine rings is 1. The second kappa shape index (κ2) is 9.14. The second-order valence-electron chi connectivity index (χ2n) is 7.01. The fraction of sp³-hybridized carbons (Fsp3) is 0.167. The number of hydrogen-bond donors (Lipinski definition) is 1. The molecule has 0 fully saturated rings. The van der Waals surface area contributed by atoms with Gasteiger partial charge in [-0.3, -0.25) is 9.78 Å². The third kappa shape index (κ3) is 4.67. The molecule has 0 spiro atoms. The van der Waals surface area contributed by atoms with Crippen molar-refractivity contribution in [3.05, 3.63) is 88.8 Å². The predicted molar refractivity (Wildman–Crippen MR) is 119 cm³/mol. The van der Waals surface area contributed by atoms with Gasteiger partial charge in [-0.25, -0.2) is 4.39 Å². The largest absolute Gasteiger partial charge is 0.493 e. The van der Waals surface area contributed by atoms with E-state index in [1.807, 2.05) is 37.3 Å². The van der Waals surface area contributed by atoms with Crippen molar-refractivity contribution in [2.24, 2.45) is 0 Å². The summed E-state index contributed by atoms with van der Waals surface area (Å²) in [5.74, 6) is 0.621. The van der Waals surface area contributed by atoms with Crippen LogP contribution in [0.15, 0.2) is 67.0 Å². The molecule has 158 valence electrons. The Labute approximate surface area is 183 Å². The number of methoxy groups -OCH3 is 1. The van der Waals surface area contributed by atoms with Gasteiger partial charge in [0.2, 0.25) is 0 Å². The highest BCUT2D eigenvalue weighted by Gasteiger charge is 2.17. The van der Waals surface area contributed by atoms with Crippen molar-refractivity contribution in [2.45, 2.75) is 19.6 Å². The maximum absolute atomic E-state index is 13.9. The molecule has 5 nitrogen and oxygen atoms in total. The minimum Gasteiger partial charge on any atom is -0.493 e. The van der Waals surface area contributed by atoms with Gasteiger partial charge in [-0.1, -0.05) is 12.1 Å². The number of carbonyl (C=O) groups excluding carboxylic acids is 1. The first-order valence-electron chi connectivity index (χ1n) is 9.73. The lowest BCUT2D eigenvalue weighted by molar-refractivity contribution is 0.0944. The van der Waals surface area contributed by atoms with E-state index in [1.165, 1.54) is 17.4 Å². The van der Waals surface area contributed by atoms with Gasteiger partial charge in [0.15, 0.2) is 11.5 Å². The minimum atomic E-state index is -0.326. The highest BCUT2D eigenvalue weighted by atomic mass is 32.1. The number of halogens is 1. The maximum atomic E-state index is 13.9. The summed E-state index contributed by atoms with van der Waals surface area (Å²) in [6, 6.07) is 15.5. The van der Waals surface area contributed by atoms with Gasteiger partial charge in [-0.15, -0.1) is 11.3 Å². The Bertz CT molecular complexity index is 1210. The summed E-state index contributed by atoms with van der Waals surface area (Å²) in [6.07, 6.45) is 3.43. The van der Waals surface area contributed by atoms with Crippen molar-refractivity contribution in [2.75, 3.05) is 7.11 Å². The lowest BCUT2D eigenvalue weighted by Crippen LogP contribution is -2.25. The zero-order chi connectivity index (χ0) is 21.8. The summed E-state index contributed by atoms with van der Waals surface area (Å²) >= 11 is 1.27. The molecule has 4 aromatic rings. The number of aromatic nitrogens is 1. The van der Waals surface area contributed by atoms with Gasteiger partial charge in [0.05, 0.1) is 18.0 Å². The van der Waals surface area contributed by atoms with Gasteiger partial charge in [-0.2, -0.15) is 0 Å². The maximum Gasteiger partial charge on any atom is 0.261 e. The first kappa shape index (κ1) is 20.8. The average Bonchev–Trinajstić information content (AvgIpc) is 3.24. The third-order valence-electron chi connectivity index (χ3n) is 4.91. The molecule has 1 unspecified atom stereocenters. The number of nitrogens with zero attached hydrogens (tertiary/aromatic N) is 1. The number of ether oxygens (including phenoxy) is 2. The summed E-state index contributed by atoms with van der Waals surface area (Å²) in [4.78, 5) is 17.2. The molecule has 31 heavy (non-hydrogen) atoms. The second-order valence-corrected chi connectivity index (χ2v) is 8.10. The van der Waals surface area contributed by atoms with Crippen LogP contribution in [0.3, 0.4) is 0 Å². The molecule has 0 aliphatic rings. The number of amides is 1. The lowest BCUT2D eigenvalue weighted by Gasteiger charge is -2.17. The number of benzene rings is 2. The first-order valence-corrected chi connectivity index (χ1v) is 10.6. The molecule has 0 aliphatic heterocycles. The predicted octanol–water partition coefficient (Wildman–Crippen LogP) is 5.51. The van der Waals surface area contributed by atoms with E-state index in [0.29, 0.717) is 28.4 Å². The highest BCUT2D eigenvalue weighted by Crippen LogP contribution is 2.32. The quantitative estimate of drug-likeness (QED) is 0.415. The molecule has 0 aliphatic carbocycles. The monoisotopic (exact) mass is 436 g/mol. The Hall–Kier alpha value is -3.45. The Morgan fingerprint density at radius 3 is 2.68 bits per heavy atom. The van der Waals surface area contributed by atoms with Crippen LogP contribution in [0.5, 0.6) is 11.5 Å². The first-order chi connectivity index (χ1) is 15.0. The fourth-order valence-electron chi connectivity index (χ4n) is 3.20. The number of carbonyl (C=O) groups is 1. The van der Waals surface area contributed by atoms with E-state index in [4.69, 9.17) is 9.47 Å². The number of nitrogens with one attached hydrogen (secondary N) is 1. The van der Waals surface area contributed by atoms with Gasteiger partial charge in [0.25, 0.3) is 5.91 Å². The van der Waals surface area contributed by atoms with Gasteiger partial charge in [-0.05, 0) is 60.5 Å². The van der Waals surface area contributed by atoms with Crippen LogP contribution < -0.4 is 14.8 Å². The van der Waals surface area contributed by atoms with Gasteiger partial charge in [0.1, 0.15) is 12.4 Å². The summed E-state index contributed by atoms with van der Waals surface area (Å²) in [5, 5.41) is 3.43. The van der Waals surface area contributed by atoms with Crippen LogP contribution in [0, 0.1) is 5.82 Å². The van der Waals surface area contributed by atoms with E-state index in [2.05, 4.69) is 10.3 Å². The van der Waals surface area contributed by atoms with Crippen LogP contribution in [0.1, 0.15) is 33.8 Å². The minimum absolute atomic E-state index is 0.245. The smallest absolute Gasteiger partial charge is 0.261 e. The van der Waals surface area contributed by atoms with E-state index in [-0.39, 0.29) is 17.8 Å². The van der Waals surface area contributed by atoms with E-state index in [0.717, 1.165) is 15.8 Å². The summed E-state index contributed by atoms with van der Waals surface area (Å²) in [6.45, 7) is 2.28. The van der Waals surface area contributed by atoms with Crippen LogP contribution in [0.25, 0.3) is 10.1 Å².